The molecule has 3 rings (SSSR count). The Morgan fingerprint density at radius 3 is 2.50 bits per heavy atom. The normalized spacial score (nSPS) is 28.2. The molecule has 2 unspecified atom stereocenters. The van der Waals surface area contributed by atoms with E-state index in [0.717, 1.165) is 12.0 Å². The van der Waals surface area contributed by atoms with Crippen molar-refractivity contribution in [3.05, 3.63) is 35.9 Å². The Kier molecular flexibility index (Phi) is 3.04. The molecule has 4 nitrogen and oxygen atoms in total. The lowest BCUT2D eigenvalue weighted by Crippen LogP contribution is -2.54. The topological polar surface area (TPSA) is 49.4 Å². The van der Waals surface area contributed by atoms with E-state index in [9.17, 15) is 9.59 Å². The van der Waals surface area contributed by atoms with Gasteiger partial charge in [-0.15, -0.1) is 0 Å². The van der Waals surface area contributed by atoms with E-state index in [4.69, 9.17) is 0 Å². The van der Waals surface area contributed by atoms with Crippen LogP contribution in [-0.4, -0.2) is 29.8 Å². The number of carbonyl (C=O) groups is 2. The minimum atomic E-state index is -0.528. The Morgan fingerprint density at radius 2 is 1.90 bits per heavy atom. The summed E-state index contributed by atoms with van der Waals surface area (Å²) in [6.07, 6.45) is 1.13. The number of hydrogen-bond donors (Lipinski definition) is 1. The van der Waals surface area contributed by atoms with Crippen molar-refractivity contribution in [3.8, 4) is 0 Å². The molecule has 2 fully saturated rings. The van der Waals surface area contributed by atoms with E-state index < -0.39 is 6.04 Å². The van der Waals surface area contributed by atoms with Crippen LogP contribution >= 0.6 is 0 Å². The lowest BCUT2D eigenvalue weighted by Gasteiger charge is -2.33. The molecule has 0 spiro atoms. The Balaban J connectivity index is 1.76. The van der Waals surface area contributed by atoms with Gasteiger partial charge in [0.05, 0.1) is 6.54 Å². The van der Waals surface area contributed by atoms with Gasteiger partial charge < -0.3 is 10.2 Å². The first-order chi connectivity index (χ1) is 9.47. The number of carbonyl (C=O) groups excluding carboxylic acids is 2. The highest BCUT2D eigenvalue weighted by Gasteiger charge is 2.48. The molecule has 106 valence electrons. The fourth-order valence-electron chi connectivity index (χ4n) is 2.88. The summed E-state index contributed by atoms with van der Waals surface area (Å²) in [7, 11) is 0. The summed E-state index contributed by atoms with van der Waals surface area (Å²) in [5, 5.41) is 2.80. The highest BCUT2D eigenvalue weighted by molar-refractivity contribution is 5.95. The van der Waals surface area contributed by atoms with Gasteiger partial charge in [0.1, 0.15) is 6.04 Å². The molecular weight excluding hydrogens is 252 g/mol. The predicted molar refractivity (Wildman–Crippen MR) is 75.8 cm³/mol. The summed E-state index contributed by atoms with van der Waals surface area (Å²) >= 11 is 0. The van der Waals surface area contributed by atoms with E-state index in [1.807, 2.05) is 30.3 Å². The van der Waals surface area contributed by atoms with Gasteiger partial charge in [0.25, 0.3) is 0 Å². The van der Waals surface area contributed by atoms with Crippen LogP contribution in [0.25, 0.3) is 0 Å². The first-order valence-electron chi connectivity index (χ1n) is 7.10. The van der Waals surface area contributed by atoms with E-state index in [1.165, 1.54) is 0 Å². The fraction of sp³-hybridized carbons (Fsp3) is 0.500. The van der Waals surface area contributed by atoms with Gasteiger partial charge in [-0.05, 0) is 23.3 Å². The number of nitrogens with one attached hydrogen (secondary N) is 1. The van der Waals surface area contributed by atoms with Gasteiger partial charge in [-0.3, -0.25) is 9.59 Å². The third kappa shape index (κ3) is 2.42. The summed E-state index contributed by atoms with van der Waals surface area (Å²) < 4.78 is 0. The molecule has 0 bridgehead atoms. The molecule has 1 heterocycles. The number of nitrogens with zero attached hydrogens (tertiary/aromatic N) is 1. The van der Waals surface area contributed by atoms with Crippen molar-refractivity contribution in [2.24, 2.45) is 11.3 Å². The molecular formula is C16H20N2O2. The molecule has 0 radical (unpaired) electrons. The summed E-state index contributed by atoms with van der Waals surface area (Å²) in [5.41, 5.74) is 1.17. The Labute approximate surface area is 119 Å². The van der Waals surface area contributed by atoms with Crippen LogP contribution in [0.2, 0.25) is 0 Å². The highest BCUT2D eigenvalue weighted by Crippen LogP contribution is 2.52. The van der Waals surface area contributed by atoms with Gasteiger partial charge in [-0.25, -0.2) is 0 Å². The number of amides is 2. The van der Waals surface area contributed by atoms with Gasteiger partial charge >= 0.3 is 0 Å². The predicted octanol–water partition coefficient (Wildman–Crippen LogP) is 1.73. The third-order valence-electron chi connectivity index (χ3n) is 4.49. The molecule has 1 saturated heterocycles. The zero-order chi connectivity index (χ0) is 14.3. The molecule has 2 amide bonds. The first-order valence-corrected chi connectivity index (χ1v) is 7.10. The fourth-order valence-corrected chi connectivity index (χ4v) is 2.88. The maximum atomic E-state index is 12.6. The van der Waals surface area contributed by atoms with E-state index in [1.54, 1.807) is 4.90 Å². The maximum absolute atomic E-state index is 12.6. The van der Waals surface area contributed by atoms with Crippen molar-refractivity contribution in [2.75, 3.05) is 13.1 Å². The van der Waals surface area contributed by atoms with E-state index >= 15 is 0 Å². The van der Waals surface area contributed by atoms with Crippen LogP contribution in [0.3, 0.4) is 0 Å². The number of rotatable bonds is 3. The van der Waals surface area contributed by atoms with Gasteiger partial charge in [-0.1, -0.05) is 44.2 Å². The first kappa shape index (κ1) is 13.2. The molecule has 1 aromatic rings. The Hall–Kier alpha value is -1.84. The summed E-state index contributed by atoms with van der Waals surface area (Å²) in [5.74, 6) is 0.462. The van der Waals surface area contributed by atoms with E-state index in [-0.39, 0.29) is 18.4 Å². The van der Waals surface area contributed by atoms with Crippen molar-refractivity contribution >= 4 is 11.8 Å². The number of benzene rings is 1. The Morgan fingerprint density at radius 1 is 1.25 bits per heavy atom. The average Bonchev–Trinajstić information content (AvgIpc) is 3.01. The van der Waals surface area contributed by atoms with Crippen LogP contribution < -0.4 is 5.32 Å². The second-order valence-corrected chi connectivity index (χ2v) is 6.52. The van der Waals surface area contributed by atoms with Gasteiger partial charge in [0, 0.05) is 6.54 Å². The average molecular weight is 272 g/mol. The molecule has 4 heteroatoms. The second kappa shape index (κ2) is 4.62. The van der Waals surface area contributed by atoms with Crippen LogP contribution in [0.1, 0.15) is 31.9 Å². The second-order valence-electron chi connectivity index (χ2n) is 6.52. The molecule has 2 aliphatic rings. The molecule has 1 aromatic carbocycles. The van der Waals surface area contributed by atoms with E-state index in [0.29, 0.717) is 17.9 Å². The molecule has 20 heavy (non-hydrogen) atoms. The van der Waals surface area contributed by atoms with Gasteiger partial charge in [0.15, 0.2) is 0 Å². The number of piperazine rings is 1. The summed E-state index contributed by atoms with van der Waals surface area (Å²) in [4.78, 5) is 26.1. The molecule has 0 aromatic heterocycles. The van der Waals surface area contributed by atoms with Crippen molar-refractivity contribution in [1.82, 2.24) is 10.2 Å². The van der Waals surface area contributed by atoms with Crippen LogP contribution in [0, 0.1) is 11.3 Å². The van der Waals surface area contributed by atoms with Crippen LogP contribution in [0.15, 0.2) is 30.3 Å². The van der Waals surface area contributed by atoms with Gasteiger partial charge in [0.2, 0.25) is 11.8 Å². The smallest absolute Gasteiger partial charge is 0.250 e. The number of hydrogen-bond acceptors (Lipinski definition) is 2. The minimum absolute atomic E-state index is 0.0125. The lowest BCUT2D eigenvalue weighted by molar-refractivity contribution is -0.144. The van der Waals surface area contributed by atoms with Crippen molar-refractivity contribution in [2.45, 2.75) is 26.3 Å². The Bertz CT molecular complexity index is 539. The molecule has 1 aliphatic carbocycles. The van der Waals surface area contributed by atoms with Gasteiger partial charge in [-0.2, -0.15) is 0 Å². The zero-order valence-corrected chi connectivity index (χ0v) is 11.9. The molecule has 2 atom stereocenters. The zero-order valence-electron chi connectivity index (χ0n) is 11.9. The highest BCUT2D eigenvalue weighted by atomic mass is 16.2. The SMILES string of the molecule is CC1(C)CC1CN1CC(=O)NC(c2ccccc2)C1=O. The minimum Gasteiger partial charge on any atom is -0.339 e. The molecule has 1 aliphatic heterocycles. The van der Waals surface area contributed by atoms with Crippen LogP contribution in [0.4, 0.5) is 0 Å². The summed E-state index contributed by atoms with van der Waals surface area (Å²) in [6, 6.07) is 8.92. The monoisotopic (exact) mass is 272 g/mol. The third-order valence-corrected chi connectivity index (χ3v) is 4.49. The van der Waals surface area contributed by atoms with Crippen molar-refractivity contribution in [1.29, 1.82) is 0 Å². The maximum Gasteiger partial charge on any atom is 0.250 e. The van der Waals surface area contributed by atoms with Crippen molar-refractivity contribution in [3.63, 3.8) is 0 Å². The standard InChI is InChI=1S/C16H20N2O2/c1-16(2)8-12(16)9-18-10-13(19)17-14(15(18)20)11-6-4-3-5-7-11/h3-7,12,14H,8-10H2,1-2H3,(H,17,19). The largest absolute Gasteiger partial charge is 0.339 e. The molecule has 1 saturated carbocycles. The van der Waals surface area contributed by atoms with Crippen LogP contribution in [-0.2, 0) is 9.59 Å². The lowest BCUT2D eigenvalue weighted by atomic mass is 10.0. The van der Waals surface area contributed by atoms with E-state index in [2.05, 4.69) is 19.2 Å². The summed E-state index contributed by atoms with van der Waals surface area (Å²) in [6.45, 7) is 5.30. The molecule has 1 N–H and O–H groups in total. The van der Waals surface area contributed by atoms with Crippen molar-refractivity contribution < 1.29 is 9.59 Å². The quantitative estimate of drug-likeness (QED) is 0.911. The van der Waals surface area contributed by atoms with Crippen LogP contribution in [0.5, 0.6) is 0 Å².